The van der Waals surface area contributed by atoms with Crippen LogP contribution in [0.1, 0.15) is 17.4 Å². The molecular formula is C10H11N3O2. The summed E-state index contributed by atoms with van der Waals surface area (Å²) in [6.07, 6.45) is 1.92. The Morgan fingerprint density at radius 1 is 1.53 bits per heavy atom. The smallest absolute Gasteiger partial charge is 0.358 e. The molecule has 5 nitrogen and oxygen atoms in total. The summed E-state index contributed by atoms with van der Waals surface area (Å²) in [4.78, 5) is 11.2. The van der Waals surface area contributed by atoms with Gasteiger partial charge in [0.05, 0.1) is 7.11 Å². The Balaban J connectivity index is 2.53. The van der Waals surface area contributed by atoms with Gasteiger partial charge >= 0.3 is 5.97 Å². The van der Waals surface area contributed by atoms with E-state index in [-0.39, 0.29) is 5.69 Å². The lowest BCUT2D eigenvalue weighted by Crippen LogP contribution is -2.06. The van der Waals surface area contributed by atoms with Gasteiger partial charge in [-0.3, -0.25) is 0 Å². The van der Waals surface area contributed by atoms with Crippen LogP contribution < -0.4 is 0 Å². The molecule has 0 radical (unpaired) electrons. The molecule has 2 rings (SSSR count). The molecule has 0 amide bonds. The highest BCUT2D eigenvalue weighted by Crippen LogP contribution is 2.13. The first-order chi connectivity index (χ1) is 7.26. The quantitative estimate of drug-likeness (QED) is 0.692. The minimum atomic E-state index is -0.464. The highest BCUT2D eigenvalue weighted by Gasteiger charge is 2.10. The zero-order valence-electron chi connectivity index (χ0n) is 8.60. The Kier molecular flexibility index (Phi) is 2.37. The molecular weight excluding hydrogens is 194 g/mol. The molecule has 2 heterocycles. The predicted octanol–water partition coefficient (Wildman–Crippen LogP) is 1.24. The van der Waals surface area contributed by atoms with E-state index in [0.29, 0.717) is 0 Å². The number of aromatic nitrogens is 3. The Morgan fingerprint density at radius 2 is 2.33 bits per heavy atom. The Hall–Kier alpha value is -1.91. The predicted molar refractivity (Wildman–Crippen MR) is 54.5 cm³/mol. The fraction of sp³-hybridized carbons (Fsp3) is 0.300. The van der Waals surface area contributed by atoms with Crippen LogP contribution >= 0.6 is 0 Å². The number of aryl methyl sites for hydroxylation is 1. The van der Waals surface area contributed by atoms with Crippen LogP contribution in [0.5, 0.6) is 0 Å². The highest BCUT2D eigenvalue weighted by molar-refractivity contribution is 5.90. The summed E-state index contributed by atoms with van der Waals surface area (Å²) >= 11 is 0. The van der Waals surface area contributed by atoms with E-state index in [2.05, 4.69) is 14.9 Å². The maximum Gasteiger partial charge on any atom is 0.358 e. The minimum Gasteiger partial charge on any atom is -0.464 e. The van der Waals surface area contributed by atoms with Gasteiger partial charge in [0.2, 0.25) is 0 Å². The molecule has 2 aromatic rings. The second kappa shape index (κ2) is 3.68. The molecule has 0 unspecified atom stereocenters. The van der Waals surface area contributed by atoms with Crippen molar-refractivity contribution in [2.45, 2.75) is 13.5 Å². The van der Waals surface area contributed by atoms with Gasteiger partial charge in [-0.25, -0.2) is 4.79 Å². The molecule has 0 aliphatic rings. The highest BCUT2D eigenvalue weighted by atomic mass is 16.5. The molecule has 0 aromatic carbocycles. The molecule has 5 heteroatoms. The van der Waals surface area contributed by atoms with Crippen LogP contribution in [-0.4, -0.2) is 27.8 Å². The van der Waals surface area contributed by atoms with Crippen molar-refractivity contribution in [2.75, 3.05) is 7.11 Å². The van der Waals surface area contributed by atoms with Crippen LogP contribution in [0.2, 0.25) is 0 Å². The van der Waals surface area contributed by atoms with Gasteiger partial charge in [0.1, 0.15) is 0 Å². The molecule has 0 spiro atoms. The number of carbonyl (C=O) groups excluding carboxylic acids is 1. The number of rotatable bonds is 2. The summed E-state index contributed by atoms with van der Waals surface area (Å²) in [5, 5.41) is 8.70. The molecule has 78 valence electrons. The van der Waals surface area contributed by atoms with Crippen molar-refractivity contribution < 1.29 is 9.53 Å². The fourth-order valence-electron chi connectivity index (χ4n) is 1.45. The molecule has 0 N–H and O–H groups in total. The lowest BCUT2D eigenvalue weighted by atomic mass is 10.3. The maximum absolute atomic E-state index is 11.2. The van der Waals surface area contributed by atoms with Crippen molar-refractivity contribution >= 4 is 17.0 Å². The van der Waals surface area contributed by atoms with Crippen molar-refractivity contribution in [3.8, 4) is 0 Å². The minimum absolute atomic E-state index is 0.235. The molecule has 0 aliphatic carbocycles. The zero-order valence-corrected chi connectivity index (χ0v) is 8.60. The van der Waals surface area contributed by atoms with E-state index < -0.39 is 5.97 Å². The van der Waals surface area contributed by atoms with Gasteiger partial charge in [0, 0.05) is 18.1 Å². The van der Waals surface area contributed by atoms with Crippen LogP contribution in [0, 0.1) is 0 Å². The van der Waals surface area contributed by atoms with Gasteiger partial charge in [-0.2, -0.15) is 0 Å². The maximum atomic E-state index is 11.2. The van der Waals surface area contributed by atoms with Gasteiger partial charge in [-0.1, -0.05) is 0 Å². The van der Waals surface area contributed by atoms with Crippen LogP contribution in [0.25, 0.3) is 11.0 Å². The molecule has 0 aliphatic heterocycles. The summed E-state index contributed by atoms with van der Waals surface area (Å²) in [6.45, 7) is 2.85. The van der Waals surface area contributed by atoms with E-state index in [9.17, 15) is 4.79 Å². The third-order valence-electron chi connectivity index (χ3n) is 2.24. The van der Waals surface area contributed by atoms with E-state index >= 15 is 0 Å². The summed E-state index contributed by atoms with van der Waals surface area (Å²) in [5.41, 5.74) is 1.02. The van der Waals surface area contributed by atoms with E-state index in [0.717, 1.165) is 17.6 Å². The molecule has 2 aromatic heterocycles. The third-order valence-corrected chi connectivity index (χ3v) is 2.24. The van der Waals surface area contributed by atoms with E-state index in [1.807, 2.05) is 23.8 Å². The van der Waals surface area contributed by atoms with E-state index in [1.54, 1.807) is 6.07 Å². The monoisotopic (exact) mass is 205 g/mol. The van der Waals surface area contributed by atoms with Crippen molar-refractivity contribution in [1.82, 2.24) is 14.8 Å². The number of hydrogen-bond acceptors (Lipinski definition) is 4. The lowest BCUT2D eigenvalue weighted by molar-refractivity contribution is 0.0593. The van der Waals surface area contributed by atoms with Gasteiger partial charge in [-0.05, 0) is 19.1 Å². The number of hydrogen-bond donors (Lipinski definition) is 0. The number of nitrogens with zero attached hydrogens (tertiary/aromatic N) is 3. The summed E-state index contributed by atoms with van der Waals surface area (Å²) in [5.74, 6) is -0.464. The first-order valence-corrected chi connectivity index (χ1v) is 4.67. The standard InChI is InChI=1S/C10H11N3O2/c1-3-13-5-4-7-6-8(10(14)15-2)11-12-9(7)13/h4-6H,3H2,1-2H3. The largest absolute Gasteiger partial charge is 0.464 e. The number of ether oxygens (including phenoxy) is 1. The topological polar surface area (TPSA) is 57.0 Å². The Morgan fingerprint density at radius 3 is 3.00 bits per heavy atom. The third kappa shape index (κ3) is 1.56. The van der Waals surface area contributed by atoms with Crippen LogP contribution in [0.4, 0.5) is 0 Å². The second-order valence-corrected chi connectivity index (χ2v) is 3.10. The molecule has 0 bridgehead atoms. The number of carbonyl (C=O) groups is 1. The average molecular weight is 205 g/mol. The molecule has 0 atom stereocenters. The first-order valence-electron chi connectivity index (χ1n) is 4.67. The van der Waals surface area contributed by atoms with Crippen molar-refractivity contribution in [2.24, 2.45) is 0 Å². The molecule has 0 saturated heterocycles. The Labute approximate surface area is 86.7 Å². The van der Waals surface area contributed by atoms with E-state index in [1.165, 1.54) is 7.11 Å². The lowest BCUT2D eigenvalue weighted by Gasteiger charge is -1.99. The van der Waals surface area contributed by atoms with Crippen molar-refractivity contribution in [1.29, 1.82) is 0 Å². The van der Waals surface area contributed by atoms with Crippen LogP contribution in [0.15, 0.2) is 18.3 Å². The molecule has 0 fully saturated rings. The van der Waals surface area contributed by atoms with E-state index in [4.69, 9.17) is 0 Å². The molecule has 0 saturated carbocycles. The fourth-order valence-corrected chi connectivity index (χ4v) is 1.45. The normalized spacial score (nSPS) is 10.5. The summed E-state index contributed by atoms with van der Waals surface area (Å²) in [7, 11) is 1.32. The van der Waals surface area contributed by atoms with Crippen molar-refractivity contribution in [3.05, 3.63) is 24.0 Å². The number of esters is 1. The van der Waals surface area contributed by atoms with Gasteiger partial charge in [-0.15, -0.1) is 10.2 Å². The van der Waals surface area contributed by atoms with Crippen molar-refractivity contribution in [3.63, 3.8) is 0 Å². The average Bonchev–Trinajstić information content (AvgIpc) is 2.69. The molecule has 15 heavy (non-hydrogen) atoms. The zero-order chi connectivity index (χ0) is 10.8. The van der Waals surface area contributed by atoms with Crippen LogP contribution in [0.3, 0.4) is 0 Å². The van der Waals surface area contributed by atoms with Gasteiger partial charge in [0.15, 0.2) is 11.3 Å². The number of methoxy groups -OCH3 is 1. The first kappa shape index (κ1) is 9.64. The Bertz CT molecular complexity index is 504. The van der Waals surface area contributed by atoms with Gasteiger partial charge < -0.3 is 9.30 Å². The SMILES string of the molecule is CCn1ccc2cc(C(=O)OC)nnc21. The number of fused-ring (bicyclic) bond motifs is 1. The van der Waals surface area contributed by atoms with Gasteiger partial charge in [0.25, 0.3) is 0 Å². The summed E-state index contributed by atoms with van der Waals surface area (Å²) < 4.78 is 6.53. The second-order valence-electron chi connectivity index (χ2n) is 3.10. The van der Waals surface area contributed by atoms with Crippen LogP contribution in [-0.2, 0) is 11.3 Å². The summed E-state index contributed by atoms with van der Waals surface area (Å²) in [6, 6.07) is 3.58.